The highest BCUT2D eigenvalue weighted by atomic mass is 16.3. The molecule has 1 unspecified atom stereocenters. The lowest BCUT2D eigenvalue weighted by atomic mass is 9.70. The topological polar surface area (TPSA) is 20.2 Å². The molecule has 21 heavy (non-hydrogen) atoms. The van der Waals surface area contributed by atoms with Gasteiger partial charge in [0.15, 0.2) is 0 Å². The molecule has 2 rings (SSSR count). The van der Waals surface area contributed by atoms with Crippen molar-refractivity contribution in [3.63, 3.8) is 0 Å². The molecule has 1 nitrogen and oxygen atoms in total. The van der Waals surface area contributed by atoms with E-state index < -0.39 is 5.60 Å². The van der Waals surface area contributed by atoms with E-state index in [0.717, 1.165) is 6.42 Å². The average molecular weight is 290 g/mol. The van der Waals surface area contributed by atoms with Gasteiger partial charge in [0.2, 0.25) is 0 Å². The third-order valence-electron chi connectivity index (χ3n) is 6.00. The summed E-state index contributed by atoms with van der Waals surface area (Å²) in [4.78, 5) is 0. The molecule has 0 aliphatic heterocycles. The number of hydrogen-bond acceptors (Lipinski definition) is 1. The fourth-order valence-corrected chi connectivity index (χ4v) is 4.45. The molecule has 1 heteroatoms. The molecule has 2 aliphatic rings. The zero-order chi connectivity index (χ0) is 15.7. The van der Waals surface area contributed by atoms with Crippen LogP contribution in [0.1, 0.15) is 73.1 Å². The summed E-state index contributed by atoms with van der Waals surface area (Å²) in [5.41, 5.74) is 1.25. The molecule has 0 heterocycles. The van der Waals surface area contributed by atoms with Crippen molar-refractivity contribution in [1.82, 2.24) is 0 Å². The van der Waals surface area contributed by atoms with Crippen LogP contribution in [0, 0.1) is 23.2 Å². The van der Waals surface area contributed by atoms with Crippen molar-refractivity contribution in [2.24, 2.45) is 23.2 Å². The van der Waals surface area contributed by atoms with E-state index in [9.17, 15) is 5.11 Å². The lowest BCUT2D eigenvalue weighted by molar-refractivity contribution is -0.0114. The van der Waals surface area contributed by atoms with Crippen LogP contribution in [-0.4, -0.2) is 10.7 Å². The van der Waals surface area contributed by atoms with Gasteiger partial charge in [-0.3, -0.25) is 0 Å². The van der Waals surface area contributed by atoms with Gasteiger partial charge in [-0.1, -0.05) is 37.6 Å². The number of aliphatic hydroxyl groups is 1. The van der Waals surface area contributed by atoms with Gasteiger partial charge in [0.05, 0.1) is 5.60 Å². The largest absolute Gasteiger partial charge is 0.390 e. The highest BCUT2D eigenvalue weighted by Crippen LogP contribution is 2.53. The molecule has 0 aromatic carbocycles. The van der Waals surface area contributed by atoms with E-state index in [4.69, 9.17) is 0 Å². The lowest BCUT2D eigenvalue weighted by Crippen LogP contribution is -2.37. The monoisotopic (exact) mass is 290 g/mol. The highest BCUT2D eigenvalue weighted by molar-refractivity contribution is 5.11. The standard InChI is InChI=1S/C20H34O/c1-15-7-6-8-16(2)11-13-20(5)14-12-17(19(3,4)21)18(20)10-9-15/h7,11,13,16-18,21H,6,8-10,12,14H2,1-5H3/b13-11+,15-7+/t16-,17?,18+,20+/m1/s1. The molecule has 0 bridgehead atoms. The lowest BCUT2D eigenvalue weighted by Gasteiger charge is -2.37. The Morgan fingerprint density at radius 1 is 1.24 bits per heavy atom. The van der Waals surface area contributed by atoms with E-state index in [1.54, 1.807) is 0 Å². The Balaban J connectivity index is 2.29. The second-order valence-electron chi connectivity index (χ2n) is 8.41. The first-order valence-electron chi connectivity index (χ1n) is 8.80. The summed E-state index contributed by atoms with van der Waals surface area (Å²) >= 11 is 0. The van der Waals surface area contributed by atoms with Gasteiger partial charge < -0.3 is 5.11 Å². The minimum absolute atomic E-state index is 0.267. The van der Waals surface area contributed by atoms with Crippen molar-refractivity contribution in [3.8, 4) is 0 Å². The molecule has 120 valence electrons. The molecule has 0 amide bonds. The number of rotatable bonds is 1. The maximum Gasteiger partial charge on any atom is 0.0622 e. The molecule has 0 saturated heterocycles. The van der Waals surface area contributed by atoms with E-state index in [2.05, 4.69) is 39.0 Å². The zero-order valence-corrected chi connectivity index (χ0v) is 14.7. The molecular formula is C20H34O. The highest BCUT2D eigenvalue weighted by Gasteiger charge is 2.48. The van der Waals surface area contributed by atoms with Crippen LogP contribution in [-0.2, 0) is 0 Å². The molecule has 0 aromatic rings. The Kier molecular flexibility index (Phi) is 5.03. The van der Waals surface area contributed by atoms with Crippen LogP contribution in [0.3, 0.4) is 0 Å². The molecule has 4 atom stereocenters. The summed E-state index contributed by atoms with van der Waals surface area (Å²) in [5, 5.41) is 10.6. The SMILES string of the molecule is C/C1=C\CC[C@@H](C)/C=C/[C@@]2(C)CCC(C(C)(C)O)[C@@H]2CC1. The van der Waals surface area contributed by atoms with Crippen LogP contribution < -0.4 is 0 Å². The molecule has 0 radical (unpaired) electrons. The van der Waals surface area contributed by atoms with Crippen LogP contribution in [0.4, 0.5) is 0 Å². The second-order valence-corrected chi connectivity index (χ2v) is 8.41. The summed E-state index contributed by atoms with van der Waals surface area (Å²) in [6, 6.07) is 0. The minimum Gasteiger partial charge on any atom is -0.390 e. The summed E-state index contributed by atoms with van der Waals surface area (Å²) in [6.07, 6.45) is 14.6. The predicted molar refractivity (Wildman–Crippen MR) is 91.1 cm³/mol. The van der Waals surface area contributed by atoms with Gasteiger partial charge in [0.25, 0.3) is 0 Å². The first kappa shape index (κ1) is 16.8. The van der Waals surface area contributed by atoms with Gasteiger partial charge >= 0.3 is 0 Å². The number of hydrogen-bond donors (Lipinski definition) is 1. The van der Waals surface area contributed by atoms with Crippen LogP contribution in [0.2, 0.25) is 0 Å². The third-order valence-corrected chi connectivity index (χ3v) is 6.00. The van der Waals surface area contributed by atoms with Crippen molar-refractivity contribution in [2.75, 3.05) is 0 Å². The van der Waals surface area contributed by atoms with Gasteiger partial charge in [-0.2, -0.15) is 0 Å². The van der Waals surface area contributed by atoms with Crippen molar-refractivity contribution < 1.29 is 5.11 Å². The Morgan fingerprint density at radius 3 is 2.62 bits per heavy atom. The van der Waals surface area contributed by atoms with E-state index in [1.165, 1.54) is 37.7 Å². The fourth-order valence-electron chi connectivity index (χ4n) is 4.45. The molecule has 1 fully saturated rings. The summed E-state index contributed by atoms with van der Waals surface area (Å²) in [5.74, 6) is 1.68. The Labute approximate surface area is 131 Å². The van der Waals surface area contributed by atoms with E-state index in [0.29, 0.717) is 17.8 Å². The van der Waals surface area contributed by atoms with Gasteiger partial charge in [-0.25, -0.2) is 0 Å². The number of fused-ring (bicyclic) bond motifs is 1. The molecule has 0 spiro atoms. The number of allylic oxidation sites excluding steroid dienone is 4. The quantitative estimate of drug-likeness (QED) is 0.632. The van der Waals surface area contributed by atoms with E-state index >= 15 is 0 Å². The van der Waals surface area contributed by atoms with Crippen molar-refractivity contribution in [1.29, 1.82) is 0 Å². The normalized spacial score (nSPS) is 42.6. The van der Waals surface area contributed by atoms with Crippen LogP contribution >= 0.6 is 0 Å². The maximum absolute atomic E-state index is 10.6. The average Bonchev–Trinajstić information content (AvgIpc) is 2.70. The Hall–Kier alpha value is -0.560. The van der Waals surface area contributed by atoms with E-state index in [1.807, 2.05) is 13.8 Å². The van der Waals surface area contributed by atoms with Crippen LogP contribution in [0.5, 0.6) is 0 Å². The summed E-state index contributed by atoms with van der Waals surface area (Å²) < 4.78 is 0. The van der Waals surface area contributed by atoms with Crippen molar-refractivity contribution in [2.45, 2.75) is 78.7 Å². The van der Waals surface area contributed by atoms with Gasteiger partial charge in [0, 0.05) is 0 Å². The summed E-state index contributed by atoms with van der Waals surface area (Å²) in [6.45, 7) is 11.0. The van der Waals surface area contributed by atoms with E-state index in [-0.39, 0.29) is 5.41 Å². The third kappa shape index (κ3) is 4.00. The minimum atomic E-state index is -0.556. The van der Waals surface area contributed by atoms with Gasteiger partial charge in [-0.15, -0.1) is 0 Å². The molecule has 0 aromatic heterocycles. The predicted octanol–water partition coefficient (Wildman–Crippen LogP) is 5.50. The molecule has 1 saturated carbocycles. The smallest absolute Gasteiger partial charge is 0.0622 e. The maximum atomic E-state index is 10.6. The van der Waals surface area contributed by atoms with Crippen molar-refractivity contribution in [3.05, 3.63) is 23.8 Å². The van der Waals surface area contributed by atoms with Gasteiger partial charge in [-0.05, 0) is 82.5 Å². The second kappa shape index (κ2) is 6.28. The molecule has 1 N–H and O–H groups in total. The Morgan fingerprint density at radius 2 is 1.95 bits per heavy atom. The first-order chi connectivity index (χ1) is 9.72. The summed E-state index contributed by atoms with van der Waals surface area (Å²) in [7, 11) is 0. The van der Waals surface area contributed by atoms with Gasteiger partial charge in [0.1, 0.15) is 0 Å². The zero-order valence-electron chi connectivity index (χ0n) is 14.7. The first-order valence-corrected chi connectivity index (χ1v) is 8.80. The molecular weight excluding hydrogens is 256 g/mol. The fraction of sp³-hybridized carbons (Fsp3) is 0.800. The van der Waals surface area contributed by atoms with Crippen molar-refractivity contribution >= 4 is 0 Å². The Bertz CT molecular complexity index is 412. The molecule has 2 aliphatic carbocycles. The van der Waals surface area contributed by atoms with Crippen LogP contribution in [0.25, 0.3) is 0 Å². The van der Waals surface area contributed by atoms with Crippen LogP contribution in [0.15, 0.2) is 23.8 Å².